The van der Waals surface area contributed by atoms with Gasteiger partial charge in [-0.3, -0.25) is 4.79 Å². The Morgan fingerprint density at radius 2 is 2.31 bits per heavy atom. The van der Waals surface area contributed by atoms with Crippen molar-refractivity contribution in [2.24, 2.45) is 0 Å². The van der Waals surface area contributed by atoms with Crippen LogP contribution in [0.2, 0.25) is 5.02 Å². The number of rotatable bonds is 4. The first-order chi connectivity index (χ1) is 7.72. The van der Waals surface area contributed by atoms with Gasteiger partial charge in [0.15, 0.2) is 0 Å². The number of nitrogens with one attached hydrogen (secondary N) is 1. The number of aromatic amines is 1. The molecule has 0 radical (unpaired) electrons. The fraction of sp³-hybridized carbons (Fsp3) is 0.182. The van der Waals surface area contributed by atoms with Crippen LogP contribution in [0.5, 0.6) is 0 Å². The molecule has 5 heteroatoms. The Bertz CT molecular complexity index is 524. The van der Waals surface area contributed by atoms with E-state index >= 15 is 0 Å². The van der Waals surface area contributed by atoms with Crippen LogP contribution in [0.25, 0.3) is 10.9 Å². The van der Waals surface area contributed by atoms with Crippen LogP contribution in [0.4, 0.5) is 0 Å². The lowest BCUT2D eigenvalue weighted by Crippen LogP contribution is -1.97. The van der Waals surface area contributed by atoms with Crippen molar-refractivity contribution in [3.05, 3.63) is 33.4 Å². The molecule has 0 spiro atoms. The number of benzene rings is 1. The second-order valence-electron chi connectivity index (χ2n) is 3.32. The fourth-order valence-electron chi connectivity index (χ4n) is 1.57. The zero-order valence-corrected chi connectivity index (χ0v) is 10.6. The Labute approximate surface area is 106 Å². The third-order valence-corrected chi connectivity index (χ3v) is 3.45. The SMILES string of the molecule is O=COCCc1[nH]c2ccc(Cl)cc2c1Br. The van der Waals surface area contributed by atoms with Crippen LogP contribution in [0.1, 0.15) is 5.69 Å². The normalized spacial score (nSPS) is 10.6. The number of halogens is 2. The van der Waals surface area contributed by atoms with E-state index in [4.69, 9.17) is 11.6 Å². The first-order valence-electron chi connectivity index (χ1n) is 4.73. The van der Waals surface area contributed by atoms with Gasteiger partial charge in [-0.25, -0.2) is 0 Å². The Balaban J connectivity index is 2.32. The van der Waals surface area contributed by atoms with Gasteiger partial charge in [0.25, 0.3) is 6.47 Å². The molecule has 0 bridgehead atoms. The summed E-state index contributed by atoms with van der Waals surface area (Å²) in [5, 5.41) is 1.73. The van der Waals surface area contributed by atoms with Crippen molar-refractivity contribution >= 4 is 44.9 Å². The molecule has 0 unspecified atom stereocenters. The number of ether oxygens (including phenoxy) is 1. The molecule has 84 valence electrons. The van der Waals surface area contributed by atoms with E-state index in [-0.39, 0.29) is 0 Å². The van der Waals surface area contributed by atoms with Gasteiger partial charge in [0.2, 0.25) is 0 Å². The van der Waals surface area contributed by atoms with E-state index in [1.54, 1.807) is 0 Å². The summed E-state index contributed by atoms with van der Waals surface area (Å²) in [6.07, 6.45) is 0.644. The first-order valence-corrected chi connectivity index (χ1v) is 5.90. The summed E-state index contributed by atoms with van der Waals surface area (Å²) >= 11 is 9.43. The number of hydrogen-bond donors (Lipinski definition) is 1. The van der Waals surface area contributed by atoms with Gasteiger partial charge < -0.3 is 9.72 Å². The number of H-pyrrole nitrogens is 1. The molecule has 1 heterocycles. The quantitative estimate of drug-likeness (QED) is 0.695. The first kappa shape index (κ1) is 11.5. The van der Waals surface area contributed by atoms with Gasteiger partial charge in [-0.05, 0) is 34.1 Å². The molecule has 0 saturated heterocycles. The van der Waals surface area contributed by atoms with Gasteiger partial charge in [0.1, 0.15) is 0 Å². The third kappa shape index (κ3) is 2.23. The minimum atomic E-state index is 0.364. The van der Waals surface area contributed by atoms with Crippen LogP contribution >= 0.6 is 27.5 Å². The molecule has 3 nitrogen and oxygen atoms in total. The average molecular weight is 303 g/mol. The topological polar surface area (TPSA) is 42.1 Å². The summed E-state index contributed by atoms with van der Waals surface area (Å²) in [7, 11) is 0. The number of aromatic nitrogens is 1. The van der Waals surface area contributed by atoms with Gasteiger partial charge in [0.05, 0.1) is 6.61 Å². The second kappa shape index (κ2) is 4.89. The molecule has 0 aliphatic carbocycles. The summed E-state index contributed by atoms with van der Waals surface area (Å²) in [5.41, 5.74) is 2.01. The molecule has 2 rings (SSSR count). The zero-order valence-electron chi connectivity index (χ0n) is 8.30. The lowest BCUT2D eigenvalue weighted by atomic mass is 10.2. The van der Waals surface area contributed by atoms with Crippen molar-refractivity contribution in [3.8, 4) is 0 Å². The van der Waals surface area contributed by atoms with Crippen molar-refractivity contribution in [1.29, 1.82) is 0 Å². The molecule has 0 atom stereocenters. The Hall–Kier alpha value is -1.000. The standard InChI is InChI=1S/C11H9BrClNO2/c12-11-8-5-7(13)1-2-9(8)14-10(11)3-4-16-6-15/h1-2,5-6,14H,3-4H2. The van der Waals surface area contributed by atoms with Crippen molar-refractivity contribution < 1.29 is 9.53 Å². The van der Waals surface area contributed by atoms with E-state index in [9.17, 15) is 4.79 Å². The van der Waals surface area contributed by atoms with E-state index in [2.05, 4.69) is 25.7 Å². The molecular formula is C11H9BrClNO2. The van der Waals surface area contributed by atoms with E-state index < -0.39 is 0 Å². The van der Waals surface area contributed by atoms with E-state index in [1.165, 1.54) is 0 Å². The maximum Gasteiger partial charge on any atom is 0.293 e. The van der Waals surface area contributed by atoms with Crippen LogP contribution in [0.15, 0.2) is 22.7 Å². The zero-order chi connectivity index (χ0) is 11.5. The summed E-state index contributed by atoms with van der Waals surface area (Å²) in [6.45, 7) is 0.816. The van der Waals surface area contributed by atoms with Crippen molar-refractivity contribution in [2.75, 3.05) is 6.61 Å². The fourth-order valence-corrected chi connectivity index (χ4v) is 2.37. The van der Waals surface area contributed by atoms with Crippen molar-refractivity contribution in [3.63, 3.8) is 0 Å². The Morgan fingerprint density at radius 3 is 3.06 bits per heavy atom. The highest BCUT2D eigenvalue weighted by molar-refractivity contribution is 9.10. The minimum absolute atomic E-state index is 0.364. The molecule has 0 aliphatic rings. The van der Waals surface area contributed by atoms with Gasteiger partial charge in [-0.2, -0.15) is 0 Å². The van der Waals surface area contributed by atoms with Crippen molar-refractivity contribution in [1.82, 2.24) is 4.98 Å². The van der Waals surface area contributed by atoms with Crippen LogP contribution in [0.3, 0.4) is 0 Å². The molecule has 0 amide bonds. The molecule has 2 aromatic rings. The Morgan fingerprint density at radius 1 is 1.50 bits per heavy atom. The molecule has 0 fully saturated rings. The average Bonchev–Trinajstić information content (AvgIpc) is 2.57. The van der Waals surface area contributed by atoms with Crippen molar-refractivity contribution in [2.45, 2.75) is 6.42 Å². The number of fused-ring (bicyclic) bond motifs is 1. The van der Waals surface area contributed by atoms with E-state index in [0.717, 1.165) is 21.1 Å². The maximum atomic E-state index is 10.0. The monoisotopic (exact) mass is 301 g/mol. The molecule has 1 aromatic heterocycles. The van der Waals surface area contributed by atoms with Gasteiger partial charge in [0, 0.05) is 32.5 Å². The Kier molecular flexibility index (Phi) is 3.51. The lowest BCUT2D eigenvalue weighted by molar-refractivity contribution is -0.128. The minimum Gasteiger partial charge on any atom is -0.467 e. The third-order valence-electron chi connectivity index (χ3n) is 2.31. The van der Waals surface area contributed by atoms with Gasteiger partial charge >= 0.3 is 0 Å². The van der Waals surface area contributed by atoms with Crippen LogP contribution in [0, 0.1) is 0 Å². The van der Waals surface area contributed by atoms with Gasteiger partial charge in [-0.15, -0.1) is 0 Å². The van der Waals surface area contributed by atoms with Crippen LogP contribution in [-0.4, -0.2) is 18.1 Å². The molecule has 16 heavy (non-hydrogen) atoms. The summed E-state index contributed by atoms with van der Waals surface area (Å²) in [6, 6.07) is 5.65. The van der Waals surface area contributed by atoms with E-state index in [1.807, 2.05) is 18.2 Å². The van der Waals surface area contributed by atoms with E-state index in [0.29, 0.717) is 24.5 Å². The smallest absolute Gasteiger partial charge is 0.293 e. The highest BCUT2D eigenvalue weighted by Gasteiger charge is 2.09. The number of carbonyl (C=O) groups is 1. The maximum absolute atomic E-state index is 10.0. The number of carbonyl (C=O) groups excluding carboxylic acids is 1. The summed E-state index contributed by atoms with van der Waals surface area (Å²) < 4.78 is 5.64. The highest BCUT2D eigenvalue weighted by atomic mass is 79.9. The second-order valence-corrected chi connectivity index (χ2v) is 4.55. The van der Waals surface area contributed by atoms with Crippen LogP contribution < -0.4 is 0 Å². The highest BCUT2D eigenvalue weighted by Crippen LogP contribution is 2.30. The molecular weight excluding hydrogens is 293 g/mol. The summed E-state index contributed by atoms with van der Waals surface area (Å²) in [5.74, 6) is 0. The summed E-state index contributed by atoms with van der Waals surface area (Å²) in [4.78, 5) is 13.3. The largest absolute Gasteiger partial charge is 0.467 e. The molecule has 0 saturated carbocycles. The molecule has 0 aliphatic heterocycles. The predicted molar refractivity (Wildman–Crippen MR) is 66.7 cm³/mol. The molecule has 1 aromatic carbocycles. The van der Waals surface area contributed by atoms with Crippen LogP contribution in [-0.2, 0) is 16.0 Å². The molecule has 1 N–H and O–H groups in total. The number of hydrogen-bond acceptors (Lipinski definition) is 2. The van der Waals surface area contributed by atoms with Gasteiger partial charge in [-0.1, -0.05) is 11.6 Å². The lowest BCUT2D eigenvalue weighted by Gasteiger charge is -1.97. The predicted octanol–water partition coefficient (Wildman–Crippen LogP) is 3.30.